The third-order valence-electron chi connectivity index (χ3n) is 3.85. The maximum Gasteiger partial charge on any atom is 0.347 e. The molecule has 1 N–H and O–H groups in total. The molecule has 194 valence electrons. The molecule has 0 radical (unpaired) electrons. The molecule has 0 aromatic heterocycles. The minimum Gasteiger partial charge on any atom is -0.466 e. The van der Waals surface area contributed by atoms with Crippen LogP contribution < -0.4 is 5.32 Å². The van der Waals surface area contributed by atoms with E-state index in [4.69, 9.17) is 9.47 Å². The van der Waals surface area contributed by atoms with Gasteiger partial charge in [-0.05, 0) is 33.3 Å². The highest BCUT2D eigenvalue weighted by atomic mass is 16.6. The summed E-state index contributed by atoms with van der Waals surface area (Å²) in [7, 11) is 0. The summed E-state index contributed by atoms with van der Waals surface area (Å²) in [5.41, 5.74) is 0.306. The van der Waals surface area contributed by atoms with E-state index in [2.05, 4.69) is 14.8 Å². The number of rotatable bonds is 13. The Morgan fingerprint density at radius 2 is 1.31 bits per heavy atom. The van der Waals surface area contributed by atoms with E-state index in [1.807, 2.05) is 0 Å². The van der Waals surface area contributed by atoms with Crippen LogP contribution in [-0.2, 0) is 38.1 Å². The van der Waals surface area contributed by atoms with Crippen molar-refractivity contribution in [1.29, 1.82) is 0 Å². The fraction of sp³-hybridized carbons (Fsp3) is 0.478. The van der Waals surface area contributed by atoms with Gasteiger partial charge >= 0.3 is 23.9 Å². The van der Waals surface area contributed by atoms with Gasteiger partial charge in [-0.15, -0.1) is 0 Å². The van der Waals surface area contributed by atoms with Gasteiger partial charge in [0.25, 0.3) is 0 Å². The first-order valence-electron chi connectivity index (χ1n) is 11.0. The number of hydrogen-bond acceptors (Lipinski definition) is 11. The van der Waals surface area contributed by atoms with Crippen LogP contribution in [-0.4, -0.2) is 61.8 Å². The summed E-state index contributed by atoms with van der Waals surface area (Å²) in [5, 5.41) is 13.6. The molecule has 0 saturated heterocycles. The van der Waals surface area contributed by atoms with Crippen LogP contribution in [0.4, 0.5) is 0 Å². The smallest absolute Gasteiger partial charge is 0.347 e. The molecule has 0 saturated carbocycles. The standard InChI is InChI=1S/C16H20N2O6.C7H12O4/c1-3-23-15(19)13(16(20)24-4-2)10-17-14(11-18(21)22)12-8-6-5-7-9-12;1-3-10-6(8)5-7(9)11-4-2/h5-10,14,17H,3-4,11H2,1-2H3;3-5H2,1-2H3. The lowest BCUT2D eigenvalue weighted by atomic mass is 10.1. The van der Waals surface area contributed by atoms with Gasteiger partial charge in [-0.1, -0.05) is 30.3 Å². The lowest BCUT2D eigenvalue weighted by Crippen LogP contribution is -2.27. The second-order valence-corrected chi connectivity index (χ2v) is 6.43. The zero-order valence-corrected chi connectivity index (χ0v) is 20.3. The summed E-state index contributed by atoms with van der Waals surface area (Å²) in [6, 6.07) is 7.98. The Morgan fingerprint density at radius 1 is 0.857 bits per heavy atom. The zero-order valence-electron chi connectivity index (χ0n) is 20.3. The first kappa shape index (κ1) is 31.0. The molecule has 1 aromatic carbocycles. The van der Waals surface area contributed by atoms with Crippen molar-refractivity contribution < 1.29 is 43.0 Å². The third-order valence-corrected chi connectivity index (χ3v) is 3.85. The summed E-state index contributed by atoms with van der Waals surface area (Å²) >= 11 is 0. The first-order chi connectivity index (χ1) is 16.7. The number of nitro groups is 1. The van der Waals surface area contributed by atoms with Crippen LogP contribution in [0, 0.1) is 10.1 Å². The maximum absolute atomic E-state index is 11.9. The molecule has 0 aliphatic carbocycles. The van der Waals surface area contributed by atoms with E-state index < -0.39 is 41.4 Å². The van der Waals surface area contributed by atoms with E-state index in [1.54, 1.807) is 58.0 Å². The Morgan fingerprint density at radius 3 is 1.71 bits per heavy atom. The number of ether oxygens (including phenoxy) is 4. The van der Waals surface area contributed by atoms with Gasteiger partial charge in [-0.2, -0.15) is 0 Å². The van der Waals surface area contributed by atoms with Crippen LogP contribution in [0.1, 0.15) is 45.7 Å². The molecule has 0 spiro atoms. The zero-order chi connectivity index (χ0) is 26.6. The van der Waals surface area contributed by atoms with Gasteiger partial charge in [-0.3, -0.25) is 19.7 Å². The van der Waals surface area contributed by atoms with Gasteiger partial charge < -0.3 is 24.3 Å². The summed E-state index contributed by atoms with van der Waals surface area (Å²) in [6.07, 6.45) is 0.818. The Balaban J connectivity index is 0.000000883. The number of carbonyl (C=O) groups is 4. The van der Waals surface area contributed by atoms with Crippen molar-refractivity contribution in [1.82, 2.24) is 5.32 Å². The van der Waals surface area contributed by atoms with Crippen LogP contribution in [0.25, 0.3) is 0 Å². The van der Waals surface area contributed by atoms with E-state index in [0.717, 1.165) is 6.20 Å². The number of carbonyl (C=O) groups excluding carboxylic acids is 4. The minimum absolute atomic E-state index is 0.0899. The molecular weight excluding hydrogens is 464 g/mol. The average Bonchev–Trinajstić information content (AvgIpc) is 2.80. The van der Waals surface area contributed by atoms with Crippen molar-refractivity contribution >= 4 is 23.9 Å². The fourth-order valence-electron chi connectivity index (χ4n) is 2.43. The van der Waals surface area contributed by atoms with Crippen molar-refractivity contribution in [2.75, 3.05) is 33.0 Å². The second kappa shape index (κ2) is 18.5. The summed E-state index contributed by atoms with van der Waals surface area (Å²) < 4.78 is 18.7. The second-order valence-electron chi connectivity index (χ2n) is 6.43. The first-order valence-corrected chi connectivity index (χ1v) is 11.0. The molecular formula is C23H32N2O10. The molecule has 1 atom stereocenters. The SMILES string of the molecule is CCOC(=O)C(=CNC(C[N+](=O)[O-])c1ccccc1)C(=O)OCC.CCOC(=O)CC(=O)OCC. The third kappa shape index (κ3) is 14.0. The monoisotopic (exact) mass is 496 g/mol. The molecule has 0 amide bonds. The molecule has 0 aliphatic rings. The van der Waals surface area contributed by atoms with Crippen LogP contribution in [0.15, 0.2) is 42.1 Å². The van der Waals surface area contributed by atoms with E-state index >= 15 is 0 Å². The quantitative estimate of drug-likeness (QED) is 0.0810. The molecule has 0 bridgehead atoms. The van der Waals surface area contributed by atoms with Gasteiger partial charge in [0.2, 0.25) is 6.54 Å². The van der Waals surface area contributed by atoms with Crippen LogP contribution in [0.5, 0.6) is 0 Å². The van der Waals surface area contributed by atoms with E-state index in [0.29, 0.717) is 5.56 Å². The van der Waals surface area contributed by atoms with Crippen LogP contribution in [0.3, 0.4) is 0 Å². The van der Waals surface area contributed by atoms with Crippen molar-refractivity contribution in [3.63, 3.8) is 0 Å². The fourth-order valence-corrected chi connectivity index (χ4v) is 2.43. The van der Waals surface area contributed by atoms with Gasteiger partial charge in [0.15, 0.2) is 5.57 Å². The van der Waals surface area contributed by atoms with Gasteiger partial charge in [0, 0.05) is 11.1 Å². The van der Waals surface area contributed by atoms with Gasteiger partial charge in [0.1, 0.15) is 12.5 Å². The lowest BCUT2D eigenvalue weighted by Gasteiger charge is -2.15. The van der Waals surface area contributed by atoms with Gasteiger partial charge in [0.05, 0.1) is 26.4 Å². The van der Waals surface area contributed by atoms with Crippen molar-refractivity contribution in [3.05, 3.63) is 57.8 Å². The highest BCUT2D eigenvalue weighted by Gasteiger charge is 2.23. The Bertz CT molecular complexity index is 819. The van der Waals surface area contributed by atoms with E-state index in [-0.39, 0.29) is 38.4 Å². The number of benzene rings is 1. The Hall–Kier alpha value is -3.96. The molecule has 0 aliphatic heterocycles. The number of hydrogen-bond donors (Lipinski definition) is 1. The van der Waals surface area contributed by atoms with Crippen molar-refractivity contribution in [2.24, 2.45) is 0 Å². The summed E-state index contributed by atoms with van der Waals surface area (Å²) in [5.74, 6) is -2.77. The highest BCUT2D eigenvalue weighted by Crippen LogP contribution is 2.13. The molecule has 35 heavy (non-hydrogen) atoms. The normalized spacial score (nSPS) is 10.4. The number of esters is 4. The largest absolute Gasteiger partial charge is 0.466 e. The maximum atomic E-state index is 11.9. The summed E-state index contributed by atoms with van der Waals surface area (Å²) in [4.78, 5) is 55.3. The molecule has 1 unspecified atom stereocenters. The van der Waals surface area contributed by atoms with E-state index in [1.165, 1.54) is 0 Å². The molecule has 1 rings (SSSR count). The Labute approximate surface area is 203 Å². The predicted molar refractivity (Wildman–Crippen MR) is 123 cm³/mol. The molecule has 1 aromatic rings. The van der Waals surface area contributed by atoms with E-state index in [9.17, 15) is 29.3 Å². The number of nitrogens with zero attached hydrogens (tertiary/aromatic N) is 1. The minimum atomic E-state index is -0.851. The average molecular weight is 497 g/mol. The predicted octanol–water partition coefficient (Wildman–Crippen LogP) is 2.11. The summed E-state index contributed by atoms with van der Waals surface area (Å²) in [6.45, 7) is 6.92. The van der Waals surface area contributed by atoms with Crippen molar-refractivity contribution in [3.8, 4) is 0 Å². The van der Waals surface area contributed by atoms with Gasteiger partial charge in [-0.25, -0.2) is 9.59 Å². The molecule has 12 heteroatoms. The van der Waals surface area contributed by atoms with Crippen molar-refractivity contribution in [2.45, 2.75) is 40.2 Å². The van der Waals surface area contributed by atoms with Crippen LogP contribution in [0.2, 0.25) is 0 Å². The molecule has 0 heterocycles. The topological polar surface area (TPSA) is 160 Å². The lowest BCUT2D eigenvalue weighted by molar-refractivity contribution is -0.484. The number of nitrogens with one attached hydrogen (secondary N) is 1. The molecule has 0 fully saturated rings. The van der Waals surface area contributed by atoms with Crippen LogP contribution >= 0.6 is 0 Å². The Kier molecular flexibility index (Phi) is 16.4. The molecule has 12 nitrogen and oxygen atoms in total. The highest BCUT2D eigenvalue weighted by molar-refractivity contribution is 6.13.